The van der Waals surface area contributed by atoms with Crippen LogP contribution in [0.4, 0.5) is 0 Å². The fraction of sp³-hybridized carbons (Fsp3) is 0.923. The van der Waals surface area contributed by atoms with Crippen molar-refractivity contribution in [1.29, 1.82) is 0 Å². The van der Waals surface area contributed by atoms with Crippen molar-refractivity contribution in [2.45, 2.75) is 37.6 Å². The van der Waals surface area contributed by atoms with E-state index < -0.39 is 0 Å². The Balaban J connectivity index is 1.99. The maximum absolute atomic E-state index is 12.0. The molecule has 2 heteroatoms. The van der Waals surface area contributed by atoms with E-state index in [1.807, 2.05) is 0 Å². The van der Waals surface area contributed by atoms with Crippen LogP contribution in [0, 0.1) is 17.8 Å². The number of Topliss-reactive ketones (excluding diaryl/α,β-unsaturated/α-hetero) is 1. The van der Waals surface area contributed by atoms with Gasteiger partial charge in [0.25, 0.3) is 0 Å². The molecule has 4 aliphatic rings. The highest BCUT2D eigenvalue weighted by Gasteiger charge is 2.60. The summed E-state index contributed by atoms with van der Waals surface area (Å²) in [5.41, 5.74) is 0.435. The number of quaternary nitrogens is 1. The molecule has 4 fully saturated rings. The number of nitrogens with zero attached hydrogens (tertiary/aromatic N) is 1. The van der Waals surface area contributed by atoms with Gasteiger partial charge >= 0.3 is 0 Å². The molecule has 0 amide bonds. The minimum Gasteiger partial charge on any atom is -0.326 e. The molecule has 0 aromatic rings. The molecule has 2 unspecified atom stereocenters. The Morgan fingerprint density at radius 3 is 2.07 bits per heavy atom. The molecule has 4 atom stereocenters. The van der Waals surface area contributed by atoms with E-state index in [4.69, 9.17) is 0 Å². The van der Waals surface area contributed by atoms with E-state index >= 15 is 0 Å². The van der Waals surface area contributed by atoms with Crippen molar-refractivity contribution in [2.24, 2.45) is 17.8 Å². The highest BCUT2D eigenvalue weighted by atomic mass is 16.1. The normalized spacial score (nSPS) is 48.7. The Hall–Kier alpha value is -0.370. The number of carbonyl (C=O) groups is 1. The second-order valence-electron chi connectivity index (χ2n) is 6.98. The first-order chi connectivity index (χ1) is 6.91. The van der Waals surface area contributed by atoms with Gasteiger partial charge in [-0.1, -0.05) is 0 Å². The molecule has 0 aromatic heterocycles. The van der Waals surface area contributed by atoms with E-state index in [1.165, 1.54) is 32.1 Å². The van der Waals surface area contributed by atoms with Gasteiger partial charge in [0.1, 0.15) is 11.3 Å². The molecule has 2 nitrogen and oxygen atoms in total. The van der Waals surface area contributed by atoms with E-state index in [-0.39, 0.29) is 0 Å². The van der Waals surface area contributed by atoms with Crippen LogP contribution in [0.3, 0.4) is 0 Å². The van der Waals surface area contributed by atoms with Gasteiger partial charge in [0.2, 0.25) is 0 Å². The van der Waals surface area contributed by atoms with Gasteiger partial charge in [0.15, 0.2) is 0 Å². The largest absolute Gasteiger partial charge is 0.326 e. The summed E-state index contributed by atoms with van der Waals surface area (Å²) in [6.07, 6.45) is 6.12. The van der Waals surface area contributed by atoms with Crippen LogP contribution in [0.1, 0.15) is 32.1 Å². The molecule has 0 aromatic carbocycles. The fourth-order valence-electron chi connectivity index (χ4n) is 4.53. The average Bonchev–Trinajstić information content (AvgIpc) is 2.10. The molecule has 4 saturated carbocycles. The van der Waals surface area contributed by atoms with Gasteiger partial charge in [0, 0.05) is 31.1 Å². The first kappa shape index (κ1) is 9.83. The van der Waals surface area contributed by atoms with Crippen LogP contribution in [0.2, 0.25) is 0 Å². The molecule has 0 saturated heterocycles. The second kappa shape index (κ2) is 2.65. The number of hydrogen-bond donors (Lipinski definition) is 0. The summed E-state index contributed by atoms with van der Waals surface area (Å²) in [7, 11) is 6.95. The SMILES string of the molecule is C[N+](C)(C)C12CC3C[C@H](C1)C(=O)[C@@H](C3)C2. The van der Waals surface area contributed by atoms with Crippen molar-refractivity contribution in [3.05, 3.63) is 0 Å². The van der Waals surface area contributed by atoms with Crippen LogP contribution in [0.25, 0.3) is 0 Å². The summed E-state index contributed by atoms with van der Waals surface area (Å²) in [6.45, 7) is 0. The summed E-state index contributed by atoms with van der Waals surface area (Å²) < 4.78 is 1.06. The first-order valence-corrected chi connectivity index (χ1v) is 6.27. The summed E-state index contributed by atoms with van der Waals surface area (Å²) in [5.74, 6) is 2.31. The number of hydrogen-bond acceptors (Lipinski definition) is 1. The van der Waals surface area contributed by atoms with Crippen LogP contribution in [0.15, 0.2) is 0 Å². The van der Waals surface area contributed by atoms with Crippen molar-refractivity contribution in [1.82, 2.24) is 0 Å². The minimum atomic E-state index is 0.425. The molecule has 0 heterocycles. The summed E-state index contributed by atoms with van der Waals surface area (Å²) >= 11 is 0. The lowest BCUT2D eigenvalue weighted by Gasteiger charge is -2.60. The lowest BCUT2D eigenvalue weighted by molar-refractivity contribution is -0.929. The topological polar surface area (TPSA) is 17.1 Å². The first-order valence-electron chi connectivity index (χ1n) is 6.27. The van der Waals surface area contributed by atoms with E-state index in [0.717, 1.165) is 10.4 Å². The second-order valence-corrected chi connectivity index (χ2v) is 6.98. The van der Waals surface area contributed by atoms with Crippen molar-refractivity contribution in [3.8, 4) is 0 Å². The van der Waals surface area contributed by atoms with Gasteiger partial charge in [-0.15, -0.1) is 0 Å². The van der Waals surface area contributed by atoms with E-state index in [1.54, 1.807) is 0 Å². The molecule has 0 aliphatic heterocycles. The molecule has 0 radical (unpaired) electrons. The van der Waals surface area contributed by atoms with E-state index in [2.05, 4.69) is 21.1 Å². The summed E-state index contributed by atoms with van der Waals surface area (Å²) in [6, 6.07) is 0. The van der Waals surface area contributed by atoms with Gasteiger partial charge in [-0.25, -0.2) is 0 Å². The predicted octanol–water partition coefficient (Wildman–Crippen LogP) is 1.84. The van der Waals surface area contributed by atoms with Crippen LogP contribution in [-0.4, -0.2) is 36.9 Å². The zero-order chi connectivity index (χ0) is 10.8. The maximum atomic E-state index is 12.0. The molecule has 0 N–H and O–H groups in total. The van der Waals surface area contributed by atoms with Gasteiger partial charge in [-0.05, 0) is 18.8 Å². The third-order valence-electron chi connectivity index (χ3n) is 5.38. The quantitative estimate of drug-likeness (QED) is 0.601. The van der Waals surface area contributed by atoms with E-state index in [0.29, 0.717) is 23.2 Å². The number of carbonyl (C=O) groups excluding carboxylic acids is 1. The highest BCUT2D eigenvalue weighted by molar-refractivity contribution is 5.85. The monoisotopic (exact) mass is 208 g/mol. The van der Waals surface area contributed by atoms with Gasteiger partial charge < -0.3 is 4.48 Å². The Kier molecular flexibility index (Phi) is 1.74. The maximum Gasteiger partial charge on any atom is 0.139 e. The predicted molar refractivity (Wildman–Crippen MR) is 59.3 cm³/mol. The third-order valence-corrected chi connectivity index (χ3v) is 5.38. The number of ketones is 1. The van der Waals surface area contributed by atoms with Crippen LogP contribution in [-0.2, 0) is 4.79 Å². The van der Waals surface area contributed by atoms with E-state index in [9.17, 15) is 4.79 Å². The molecular weight excluding hydrogens is 186 g/mol. The lowest BCUT2D eigenvalue weighted by atomic mass is 9.51. The third kappa shape index (κ3) is 1.17. The average molecular weight is 208 g/mol. The van der Waals surface area contributed by atoms with Crippen LogP contribution >= 0.6 is 0 Å². The Labute approximate surface area is 92.2 Å². The standard InChI is InChI=1S/C13H22NO/c1-14(2,3)13-6-9-4-10(7-13)12(15)11(5-9)8-13/h9-11H,4-8H2,1-3H3/q+1/t9?,10-,11+,13?. The molecule has 84 valence electrons. The Morgan fingerprint density at radius 2 is 1.60 bits per heavy atom. The Bertz CT molecular complexity index is 297. The van der Waals surface area contributed by atoms with Crippen molar-refractivity contribution >= 4 is 5.78 Å². The van der Waals surface area contributed by atoms with Gasteiger partial charge in [-0.2, -0.15) is 0 Å². The highest BCUT2D eigenvalue weighted by Crippen LogP contribution is 2.57. The van der Waals surface area contributed by atoms with Gasteiger partial charge in [-0.3, -0.25) is 4.79 Å². The van der Waals surface area contributed by atoms with Crippen LogP contribution in [0.5, 0.6) is 0 Å². The molecule has 4 aliphatic carbocycles. The molecular formula is C13H22NO+. The molecule has 0 spiro atoms. The zero-order valence-electron chi connectivity index (χ0n) is 10.1. The molecule has 4 rings (SSSR count). The zero-order valence-corrected chi connectivity index (χ0v) is 10.1. The number of rotatable bonds is 1. The van der Waals surface area contributed by atoms with Gasteiger partial charge in [0.05, 0.1) is 21.1 Å². The minimum absolute atomic E-state index is 0.425. The smallest absolute Gasteiger partial charge is 0.139 e. The van der Waals surface area contributed by atoms with Crippen molar-refractivity contribution < 1.29 is 9.28 Å². The fourth-order valence-corrected chi connectivity index (χ4v) is 4.53. The summed E-state index contributed by atoms with van der Waals surface area (Å²) in [4.78, 5) is 12.0. The lowest BCUT2D eigenvalue weighted by Crippen LogP contribution is -2.67. The van der Waals surface area contributed by atoms with Crippen molar-refractivity contribution in [3.63, 3.8) is 0 Å². The Morgan fingerprint density at radius 1 is 1.07 bits per heavy atom. The molecule has 4 bridgehead atoms. The van der Waals surface area contributed by atoms with Crippen molar-refractivity contribution in [2.75, 3.05) is 21.1 Å². The molecule has 15 heavy (non-hydrogen) atoms. The van der Waals surface area contributed by atoms with Crippen LogP contribution < -0.4 is 0 Å². The summed E-state index contributed by atoms with van der Waals surface area (Å²) in [5, 5.41) is 0.